The van der Waals surface area contributed by atoms with Gasteiger partial charge in [-0.25, -0.2) is 9.58 Å². The van der Waals surface area contributed by atoms with Gasteiger partial charge in [0.05, 0.1) is 37.4 Å². The van der Waals surface area contributed by atoms with Gasteiger partial charge >= 0.3 is 0 Å². The van der Waals surface area contributed by atoms with Crippen molar-refractivity contribution in [1.29, 1.82) is 0 Å². The van der Waals surface area contributed by atoms with Crippen LogP contribution in [0.5, 0.6) is 0 Å². The lowest BCUT2D eigenvalue weighted by atomic mass is 9.80. The molecule has 2 unspecified atom stereocenters. The number of quaternary nitrogens is 1. The van der Waals surface area contributed by atoms with E-state index >= 15 is 0 Å². The van der Waals surface area contributed by atoms with Gasteiger partial charge in [-0.3, -0.25) is 26.3 Å². The van der Waals surface area contributed by atoms with Crippen molar-refractivity contribution in [2.75, 3.05) is 33.5 Å². The Morgan fingerprint density at radius 2 is 1.55 bits per heavy atom. The maximum absolute atomic E-state index is 10.9. The number of anilines is 1. The van der Waals surface area contributed by atoms with Crippen LogP contribution in [0.2, 0.25) is 0 Å². The van der Waals surface area contributed by atoms with Gasteiger partial charge in [0, 0.05) is 49.2 Å². The van der Waals surface area contributed by atoms with Gasteiger partial charge in [0.1, 0.15) is 18.0 Å². The largest absolute Gasteiger partial charge is 0.398 e. The molecule has 3 heterocycles. The zero-order valence-corrected chi connectivity index (χ0v) is 47.2. The quantitative estimate of drug-likeness (QED) is 0.00734. The number of hydrazine groups is 1. The van der Waals surface area contributed by atoms with Crippen molar-refractivity contribution in [3.63, 3.8) is 0 Å². The smallest absolute Gasteiger partial charge is 0.202 e. The summed E-state index contributed by atoms with van der Waals surface area (Å²) in [5.41, 5.74) is 22.5. The number of benzene rings is 2. The fourth-order valence-corrected chi connectivity index (χ4v) is 9.06. The lowest BCUT2D eigenvalue weighted by Crippen LogP contribution is -2.58. The highest BCUT2D eigenvalue weighted by Crippen LogP contribution is 2.42. The van der Waals surface area contributed by atoms with Gasteiger partial charge in [-0.05, 0) is 122 Å². The highest BCUT2D eigenvalue weighted by atomic mass is 16.1. The average Bonchev–Trinajstić information content (AvgIpc) is 3.88. The van der Waals surface area contributed by atoms with Crippen LogP contribution in [0.25, 0.3) is 33.3 Å². The Hall–Kier alpha value is -6.22. The number of aryl methyl sites for hydroxylation is 1. The van der Waals surface area contributed by atoms with Crippen molar-refractivity contribution >= 4 is 29.4 Å². The Morgan fingerprint density at radius 3 is 2.01 bits per heavy atom. The Labute approximate surface area is 440 Å². The van der Waals surface area contributed by atoms with E-state index in [1.165, 1.54) is 57.7 Å². The number of aromatic nitrogens is 4. The normalized spacial score (nSPS) is 11.5. The first-order chi connectivity index (χ1) is 34.5. The first kappa shape index (κ1) is 66.8. The summed E-state index contributed by atoms with van der Waals surface area (Å²) in [7, 11) is 8.88. The summed E-state index contributed by atoms with van der Waals surface area (Å²) in [6.07, 6.45) is 17.5. The highest BCUT2D eigenvalue weighted by molar-refractivity contribution is 5.95. The van der Waals surface area contributed by atoms with Gasteiger partial charge in [-0.2, -0.15) is 5.84 Å². The Balaban J connectivity index is 0.00000145. The summed E-state index contributed by atoms with van der Waals surface area (Å²) in [4.78, 5) is 30.0. The number of nitrogens with two attached hydrogens (primary N) is 5. The first-order valence-corrected chi connectivity index (χ1v) is 25.3. The number of nitrogens with zero attached hydrogens (tertiary/aromatic N) is 5. The Bertz CT molecular complexity index is 2460. The molecule has 0 spiro atoms. The second-order valence-corrected chi connectivity index (χ2v) is 20.0. The lowest BCUT2D eigenvalue weighted by molar-refractivity contribution is -0.924. The number of nitrogens with one attached hydrogen (secondary N) is 1. The minimum atomic E-state index is 0.125. The summed E-state index contributed by atoms with van der Waals surface area (Å²) in [5.74, 6) is 15.9. The van der Waals surface area contributed by atoms with E-state index in [0.29, 0.717) is 45.3 Å². The van der Waals surface area contributed by atoms with Crippen LogP contribution in [-0.4, -0.2) is 70.5 Å². The van der Waals surface area contributed by atoms with Gasteiger partial charge < -0.3 is 25.9 Å². The van der Waals surface area contributed by atoms with Crippen LogP contribution < -0.4 is 34.3 Å². The second kappa shape index (κ2) is 34.2. The minimum Gasteiger partial charge on any atom is -0.398 e. The van der Waals surface area contributed by atoms with E-state index in [4.69, 9.17) is 16.6 Å². The van der Waals surface area contributed by atoms with Gasteiger partial charge in [0.15, 0.2) is 6.29 Å². The molecule has 0 radical (unpaired) electrons. The van der Waals surface area contributed by atoms with Gasteiger partial charge in [0.2, 0.25) is 5.95 Å². The molecule has 2 atom stereocenters. The van der Waals surface area contributed by atoms with E-state index in [-0.39, 0.29) is 11.5 Å². The van der Waals surface area contributed by atoms with Crippen molar-refractivity contribution in [3.8, 4) is 22.4 Å². The van der Waals surface area contributed by atoms with E-state index in [1.54, 1.807) is 30.8 Å². The maximum atomic E-state index is 10.9. The number of imidazole rings is 1. The van der Waals surface area contributed by atoms with Crippen molar-refractivity contribution in [2.24, 2.45) is 53.3 Å². The predicted octanol–water partition coefficient (Wildman–Crippen LogP) is 11.6. The number of carbonyl (C=O) groups is 2. The fraction of sp³-hybridized carbons (Fsp3) is 0.433. The van der Waals surface area contributed by atoms with Crippen LogP contribution in [0.4, 0.5) is 5.95 Å². The van der Waals surface area contributed by atoms with E-state index in [0.717, 1.165) is 69.8 Å². The van der Waals surface area contributed by atoms with Crippen molar-refractivity contribution in [3.05, 3.63) is 152 Å². The molecule has 0 bridgehead atoms. The molecule has 0 saturated carbocycles. The summed E-state index contributed by atoms with van der Waals surface area (Å²) >= 11 is 0. The molecule has 0 saturated heterocycles. The molecule has 5 aromatic rings. The number of aldehydes is 2. The summed E-state index contributed by atoms with van der Waals surface area (Å²) in [6.45, 7) is 37.2. The number of pyridine rings is 1. The average molecular weight is 1000 g/mol. The third-order valence-corrected chi connectivity index (χ3v) is 12.3. The Kier molecular flexibility index (Phi) is 31.3. The van der Waals surface area contributed by atoms with E-state index in [1.807, 2.05) is 26.4 Å². The van der Waals surface area contributed by atoms with Gasteiger partial charge in [-0.1, -0.05) is 130 Å². The summed E-state index contributed by atoms with van der Waals surface area (Å²) < 4.78 is 4.55. The molecule has 5 rings (SSSR count). The third-order valence-electron chi connectivity index (χ3n) is 12.3. The molecule has 0 amide bonds. The molecule has 2 aromatic carbocycles. The van der Waals surface area contributed by atoms with Crippen LogP contribution >= 0.6 is 0 Å². The monoisotopic (exact) mass is 1000 g/mol. The van der Waals surface area contributed by atoms with E-state index in [2.05, 4.69) is 175 Å². The first-order valence-electron chi connectivity index (χ1n) is 25.3. The molecule has 402 valence electrons. The molecule has 11 N–H and O–H groups in total. The molecule has 13 nitrogen and oxygen atoms in total. The number of allylic oxidation sites excluding steroid dienone is 4. The lowest BCUT2D eigenvalue weighted by Gasteiger charge is -2.34. The molecule has 0 aliphatic rings. The number of likely N-dealkylation sites (N-methyl/N-ethyl adjacent to an activating group) is 1. The maximum Gasteiger partial charge on any atom is 0.202 e. The number of hydrogen-bond donors (Lipinski definition) is 6. The highest BCUT2D eigenvalue weighted by Gasteiger charge is 2.30. The molecular formula is C60H96N11O2+. The van der Waals surface area contributed by atoms with Crippen molar-refractivity contribution < 1.29 is 14.2 Å². The number of carbonyl (C=O) groups excluding carboxylic acids is 2. The zero-order valence-electron chi connectivity index (χ0n) is 47.2. The van der Waals surface area contributed by atoms with Crippen LogP contribution in [0.3, 0.4) is 0 Å². The number of fused-ring (bicyclic) bond motifs is 1. The van der Waals surface area contributed by atoms with Crippen molar-refractivity contribution in [1.82, 2.24) is 19.1 Å². The minimum absolute atomic E-state index is 0.125. The SMILES string of the molecule is C=C(N)C(C(C)C)[N+](C)(C)N.C=CC=C.C=CCCC(C)(C)Cc1c(-c2cccnc2C(C)C)n(CC)c2ccc(-c3cccc(CC(C)CCCC(=C)C=O)c3)cc12.CN.CNc1ncc(C=O)n1C.NN. The number of hydrogen-bond acceptors (Lipinski definition) is 10. The molecule has 0 aliphatic heterocycles. The third kappa shape index (κ3) is 21.4. The molecule has 13 heteroatoms. The molecule has 3 aromatic heterocycles. The van der Waals surface area contributed by atoms with Gasteiger partial charge in [-0.15, -0.1) is 6.58 Å². The molecule has 73 heavy (non-hydrogen) atoms. The Morgan fingerprint density at radius 1 is 0.918 bits per heavy atom. The molecule has 0 fully saturated rings. The van der Waals surface area contributed by atoms with Crippen LogP contribution in [0.15, 0.2) is 129 Å². The molecule has 0 aliphatic carbocycles. The van der Waals surface area contributed by atoms with Gasteiger partial charge in [0.25, 0.3) is 0 Å². The predicted molar refractivity (Wildman–Crippen MR) is 314 cm³/mol. The summed E-state index contributed by atoms with van der Waals surface area (Å²) in [5, 5.41) is 4.19. The second-order valence-electron chi connectivity index (χ2n) is 20.0. The molecular weight excluding hydrogens is 907 g/mol. The number of rotatable bonds is 22. The van der Waals surface area contributed by atoms with Crippen LogP contribution in [0.1, 0.15) is 121 Å². The van der Waals surface area contributed by atoms with Crippen molar-refractivity contribution in [2.45, 2.75) is 119 Å². The zero-order chi connectivity index (χ0) is 56.1. The fourth-order valence-electron chi connectivity index (χ4n) is 9.06. The summed E-state index contributed by atoms with van der Waals surface area (Å²) in [6, 6.07) is 20.6. The van der Waals surface area contributed by atoms with E-state index in [9.17, 15) is 9.59 Å². The standard InChI is InChI=1S/C41H52N2O.C8H20N3.C6H9N3O.C4H6.CH5N.H4N2/c1-9-11-22-41(7,8)27-37-36-26-34(33-18-13-17-32(25-33)24-30(5)15-12-16-31(6)28-44)20-21-38(36)43(10-2)40(37)35-19-14-23-42-39(35)29(3)4;1-6(2)8(7(3)9)11(4,5)10;1-7-6-8-3-5(4-10)9(6)2;1-3-4-2;2*1-2/h9,13-14,17-21,23,25-26,28-30H,1,6,10-12,15-16,22,24,27H2,2-5,7-8H3;6,8H,3,9-10H2,1-2,4-5H3;3-4H,1-2H3,(H,7,8);3-4H,1-2H2;2H2,1H3;1-2H2/q;+1;;;;. The topological polar surface area (TPSA) is 212 Å². The van der Waals surface area contributed by atoms with Crippen LogP contribution in [-0.2, 0) is 31.2 Å². The van der Waals surface area contributed by atoms with E-state index < -0.39 is 0 Å². The van der Waals surface area contributed by atoms with Crippen LogP contribution in [0, 0.1) is 17.3 Å².